The molecule has 1 aromatic heterocycles. The van der Waals surface area contributed by atoms with E-state index in [1.54, 1.807) is 42.6 Å². The fourth-order valence-corrected chi connectivity index (χ4v) is 2.41. The van der Waals surface area contributed by atoms with E-state index in [0.29, 0.717) is 16.1 Å². The number of nitrogens with one attached hydrogen (secondary N) is 1. The van der Waals surface area contributed by atoms with Gasteiger partial charge in [-0.25, -0.2) is 9.97 Å². The Bertz CT molecular complexity index is 868. The molecule has 0 aliphatic carbocycles. The summed E-state index contributed by atoms with van der Waals surface area (Å²) in [4.78, 5) is 8.76. The minimum atomic E-state index is 0.135. The van der Waals surface area contributed by atoms with Crippen molar-refractivity contribution in [2.24, 2.45) is 0 Å². The maximum Gasteiger partial charge on any atom is 0.227 e. The molecule has 0 radical (unpaired) electrons. The molecule has 5 nitrogen and oxygen atoms in total. The predicted octanol–water partition coefficient (Wildman–Crippen LogP) is 4.37. The molecule has 0 amide bonds. The third-order valence-corrected chi connectivity index (χ3v) is 3.96. The lowest BCUT2D eigenvalue weighted by molar-refractivity contribution is 0.472. The second-order valence-electron chi connectivity index (χ2n) is 5.07. The Morgan fingerprint density at radius 1 is 1.09 bits per heavy atom. The van der Waals surface area contributed by atoms with E-state index in [4.69, 9.17) is 0 Å². The zero-order valence-corrected chi connectivity index (χ0v) is 13.9. The van der Waals surface area contributed by atoms with Crippen LogP contribution in [0.15, 0.2) is 53.1 Å². The van der Waals surface area contributed by atoms with Crippen LogP contribution in [0.25, 0.3) is 11.3 Å². The third-order valence-electron chi connectivity index (χ3n) is 3.29. The van der Waals surface area contributed by atoms with Crippen molar-refractivity contribution in [3.05, 3.63) is 58.7 Å². The maximum atomic E-state index is 9.73. The van der Waals surface area contributed by atoms with Crippen molar-refractivity contribution >= 4 is 27.6 Å². The first kappa shape index (κ1) is 15.3. The van der Waals surface area contributed by atoms with E-state index in [1.165, 1.54) is 0 Å². The van der Waals surface area contributed by atoms with Crippen molar-refractivity contribution in [1.29, 1.82) is 0 Å². The summed E-state index contributed by atoms with van der Waals surface area (Å²) in [6.07, 6.45) is 1.72. The van der Waals surface area contributed by atoms with Gasteiger partial charge in [-0.2, -0.15) is 0 Å². The zero-order chi connectivity index (χ0) is 16.4. The first-order valence-corrected chi connectivity index (χ1v) is 7.71. The number of phenols is 2. The molecule has 6 heteroatoms. The summed E-state index contributed by atoms with van der Waals surface area (Å²) in [5.74, 6) is 0.735. The molecule has 0 spiro atoms. The molecule has 0 bridgehead atoms. The van der Waals surface area contributed by atoms with Crippen molar-refractivity contribution < 1.29 is 10.2 Å². The standard InChI is InChI=1S/C17H14BrN3O2/c1-10-9-19-17(20-12-5-6-14(18)15(23)8-12)21-16(10)11-3-2-4-13(22)7-11/h2-9,22-23H,1H3,(H,19,20,21). The fourth-order valence-electron chi connectivity index (χ4n) is 2.17. The Morgan fingerprint density at radius 2 is 1.91 bits per heavy atom. The van der Waals surface area contributed by atoms with Gasteiger partial charge in [0.05, 0.1) is 10.2 Å². The summed E-state index contributed by atoms with van der Waals surface area (Å²) in [7, 11) is 0. The Balaban J connectivity index is 1.95. The van der Waals surface area contributed by atoms with Crippen LogP contribution in [0.5, 0.6) is 11.5 Å². The van der Waals surface area contributed by atoms with E-state index < -0.39 is 0 Å². The van der Waals surface area contributed by atoms with E-state index in [-0.39, 0.29) is 11.5 Å². The molecular formula is C17H14BrN3O2. The van der Waals surface area contributed by atoms with Crippen molar-refractivity contribution in [3.8, 4) is 22.8 Å². The van der Waals surface area contributed by atoms with Crippen LogP contribution in [-0.4, -0.2) is 20.2 Å². The molecule has 1 heterocycles. The number of aromatic hydroxyl groups is 2. The van der Waals surface area contributed by atoms with Gasteiger partial charge < -0.3 is 15.5 Å². The van der Waals surface area contributed by atoms with Crippen LogP contribution in [0.2, 0.25) is 0 Å². The number of hydrogen-bond donors (Lipinski definition) is 3. The minimum absolute atomic E-state index is 0.135. The van der Waals surface area contributed by atoms with Gasteiger partial charge in [-0.15, -0.1) is 0 Å². The SMILES string of the molecule is Cc1cnc(Nc2ccc(Br)c(O)c2)nc1-c1cccc(O)c1. The Kier molecular flexibility index (Phi) is 4.16. The second kappa shape index (κ2) is 6.26. The first-order valence-electron chi connectivity index (χ1n) is 6.91. The first-order chi connectivity index (χ1) is 11.0. The highest BCUT2D eigenvalue weighted by atomic mass is 79.9. The van der Waals surface area contributed by atoms with Crippen LogP contribution >= 0.6 is 15.9 Å². The smallest absolute Gasteiger partial charge is 0.227 e. The lowest BCUT2D eigenvalue weighted by atomic mass is 10.1. The Morgan fingerprint density at radius 3 is 2.65 bits per heavy atom. The van der Waals surface area contributed by atoms with E-state index >= 15 is 0 Å². The van der Waals surface area contributed by atoms with Gasteiger partial charge >= 0.3 is 0 Å². The van der Waals surface area contributed by atoms with Gasteiger partial charge in [0.25, 0.3) is 0 Å². The number of rotatable bonds is 3. The monoisotopic (exact) mass is 371 g/mol. The van der Waals surface area contributed by atoms with Gasteiger partial charge in [-0.3, -0.25) is 0 Å². The van der Waals surface area contributed by atoms with Gasteiger partial charge in [-0.1, -0.05) is 12.1 Å². The van der Waals surface area contributed by atoms with E-state index in [0.717, 1.165) is 16.8 Å². The van der Waals surface area contributed by atoms with Gasteiger partial charge in [0.2, 0.25) is 5.95 Å². The van der Waals surface area contributed by atoms with Crippen LogP contribution in [0, 0.1) is 6.92 Å². The van der Waals surface area contributed by atoms with Gasteiger partial charge in [0.15, 0.2) is 0 Å². The lowest BCUT2D eigenvalue weighted by Gasteiger charge is -2.10. The fraction of sp³-hybridized carbons (Fsp3) is 0.0588. The van der Waals surface area contributed by atoms with E-state index in [9.17, 15) is 10.2 Å². The highest BCUT2D eigenvalue weighted by Crippen LogP contribution is 2.29. The van der Waals surface area contributed by atoms with E-state index in [1.807, 2.05) is 13.0 Å². The average Bonchev–Trinajstić information content (AvgIpc) is 2.53. The molecule has 2 aromatic carbocycles. The predicted molar refractivity (Wildman–Crippen MR) is 93.0 cm³/mol. The van der Waals surface area contributed by atoms with Crippen molar-refractivity contribution in [1.82, 2.24) is 9.97 Å². The Hall–Kier alpha value is -2.60. The van der Waals surface area contributed by atoms with Crippen molar-refractivity contribution in [3.63, 3.8) is 0 Å². The number of nitrogens with zero attached hydrogens (tertiary/aromatic N) is 2. The quantitative estimate of drug-likeness (QED) is 0.636. The summed E-state index contributed by atoms with van der Waals surface area (Å²) < 4.78 is 0.619. The number of hydrogen-bond acceptors (Lipinski definition) is 5. The highest BCUT2D eigenvalue weighted by molar-refractivity contribution is 9.10. The topological polar surface area (TPSA) is 78.3 Å². The minimum Gasteiger partial charge on any atom is -0.508 e. The number of aryl methyl sites for hydroxylation is 1. The van der Waals surface area contributed by atoms with Crippen molar-refractivity contribution in [2.75, 3.05) is 5.32 Å². The molecule has 0 saturated heterocycles. The van der Waals surface area contributed by atoms with Crippen LogP contribution in [0.3, 0.4) is 0 Å². The number of anilines is 2. The van der Waals surface area contributed by atoms with Crippen LogP contribution in [0.4, 0.5) is 11.6 Å². The molecule has 0 atom stereocenters. The summed E-state index contributed by atoms with van der Waals surface area (Å²) in [5, 5.41) is 22.4. The summed E-state index contributed by atoms with van der Waals surface area (Å²) in [6, 6.07) is 12.1. The Labute approximate surface area is 141 Å². The molecular weight excluding hydrogens is 358 g/mol. The van der Waals surface area contributed by atoms with Gasteiger partial charge in [0, 0.05) is 23.5 Å². The van der Waals surface area contributed by atoms with E-state index in [2.05, 4.69) is 31.2 Å². The number of phenolic OH excluding ortho intramolecular Hbond substituents is 2. The van der Waals surface area contributed by atoms with Crippen LogP contribution < -0.4 is 5.32 Å². The lowest BCUT2D eigenvalue weighted by Crippen LogP contribution is -2.00. The molecule has 23 heavy (non-hydrogen) atoms. The molecule has 0 unspecified atom stereocenters. The second-order valence-corrected chi connectivity index (χ2v) is 5.92. The summed E-state index contributed by atoms with van der Waals surface area (Å²) >= 11 is 3.24. The number of benzene rings is 2. The molecule has 3 rings (SSSR count). The molecule has 0 aliphatic rings. The highest BCUT2D eigenvalue weighted by Gasteiger charge is 2.08. The average molecular weight is 372 g/mol. The number of halogens is 1. The third kappa shape index (κ3) is 3.43. The number of aromatic nitrogens is 2. The molecule has 0 fully saturated rings. The van der Waals surface area contributed by atoms with Crippen LogP contribution in [0.1, 0.15) is 5.56 Å². The zero-order valence-electron chi connectivity index (χ0n) is 12.3. The molecule has 116 valence electrons. The maximum absolute atomic E-state index is 9.73. The largest absolute Gasteiger partial charge is 0.508 e. The normalized spacial score (nSPS) is 10.5. The molecule has 0 saturated carbocycles. The molecule has 0 aliphatic heterocycles. The summed E-state index contributed by atoms with van der Waals surface area (Å²) in [6.45, 7) is 1.91. The van der Waals surface area contributed by atoms with Crippen molar-refractivity contribution in [2.45, 2.75) is 6.92 Å². The molecule has 3 N–H and O–H groups in total. The van der Waals surface area contributed by atoms with Gasteiger partial charge in [0.1, 0.15) is 11.5 Å². The summed E-state index contributed by atoms with van der Waals surface area (Å²) in [5.41, 5.74) is 3.13. The van der Waals surface area contributed by atoms with Gasteiger partial charge in [-0.05, 0) is 52.7 Å². The van der Waals surface area contributed by atoms with Crippen LogP contribution in [-0.2, 0) is 0 Å². The molecule has 3 aromatic rings.